The summed E-state index contributed by atoms with van der Waals surface area (Å²) in [7, 11) is 1.62. The second-order valence-electron chi connectivity index (χ2n) is 3.81. The third-order valence-corrected chi connectivity index (χ3v) is 2.69. The van der Waals surface area contributed by atoms with Crippen LogP contribution in [0.3, 0.4) is 0 Å². The highest BCUT2D eigenvalue weighted by Gasteiger charge is 2.58. The molecule has 0 aromatic rings. The Hall–Kier alpha value is -1.10. The van der Waals surface area contributed by atoms with Crippen molar-refractivity contribution in [3.63, 3.8) is 0 Å². The summed E-state index contributed by atoms with van der Waals surface area (Å²) in [6, 6.07) is 0. The molecule has 86 valence electrons. The van der Waals surface area contributed by atoms with Gasteiger partial charge < -0.3 is 14.7 Å². The molecule has 15 heavy (non-hydrogen) atoms. The zero-order valence-electron chi connectivity index (χ0n) is 9.15. The Labute approximate surface area is 89.0 Å². The van der Waals surface area contributed by atoms with Gasteiger partial charge in [-0.2, -0.15) is 0 Å². The molecule has 5 nitrogen and oxygen atoms in total. The van der Waals surface area contributed by atoms with Gasteiger partial charge in [-0.1, -0.05) is 0 Å². The van der Waals surface area contributed by atoms with E-state index < -0.39 is 11.4 Å². The van der Waals surface area contributed by atoms with E-state index in [1.54, 1.807) is 7.05 Å². The largest absolute Gasteiger partial charge is 0.480 e. The van der Waals surface area contributed by atoms with Gasteiger partial charge in [-0.25, -0.2) is 0 Å². The quantitative estimate of drug-likeness (QED) is 0.512. The van der Waals surface area contributed by atoms with E-state index in [1.165, 1.54) is 4.90 Å². The summed E-state index contributed by atoms with van der Waals surface area (Å²) in [6.45, 7) is 3.38. The van der Waals surface area contributed by atoms with Crippen molar-refractivity contribution in [2.24, 2.45) is 5.41 Å². The molecule has 1 fully saturated rings. The van der Waals surface area contributed by atoms with Crippen molar-refractivity contribution in [2.45, 2.75) is 19.8 Å². The molecule has 0 aromatic carbocycles. The number of ether oxygens (including phenoxy) is 1. The van der Waals surface area contributed by atoms with E-state index in [0.29, 0.717) is 32.6 Å². The monoisotopic (exact) mass is 215 g/mol. The van der Waals surface area contributed by atoms with Crippen LogP contribution >= 0.6 is 0 Å². The van der Waals surface area contributed by atoms with E-state index in [0.717, 1.165) is 0 Å². The molecule has 0 aromatic heterocycles. The Balaban J connectivity index is 2.43. The minimum atomic E-state index is -1.12. The summed E-state index contributed by atoms with van der Waals surface area (Å²) in [5, 5.41) is 8.92. The van der Waals surface area contributed by atoms with E-state index in [2.05, 4.69) is 0 Å². The number of hydrogen-bond acceptors (Lipinski definition) is 3. The van der Waals surface area contributed by atoms with Gasteiger partial charge in [-0.3, -0.25) is 9.59 Å². The first-order valence-electron chi connectivity index (χ1n) is 5.11. The van der Waals surface area contributed by atoms with E-state index in [9.17, 15) is 9.59 Å². The fraction of sp³-hybridized carbons (Fsp3) is 0.800. The van der Waals surface area contributed by atoms with Gasteiger partial charge in [-0.05, 0) is 19.8 Å². The first kappa shape index (κ1) is 12.0. The number of nitrogens with zero attached hydrogens (tertiary/aromatic N) is 1. The first-order chi connectivity index (χ1) is 7.04. The highest BCUT2D eigenvalue weighted by Crippen LogP contribution is 2.47. The molecule has 1 saturated carbocycles. The Morgan fingerprint density at radius 2 is 2.07 bits per heavy atom. The van der Waals surface area contributed by atoms with Gasteiger partial charge in [0, 0.05) is 20.2 Å². The van der Waals surface area contributed by atoms with Gasteiger partial charge in [0.2, 0.25) is 5.91 Å². The molecule has 5 heteroatoms. The summed E-state index contributed by atoms with van der Waals surface area (Å²) in [6.07, 6.45) is 0.917. The summed E-state index contributed by atoms with van der Waals surface area (Å²) >= 11 is 0. The number of likely N-dealkylation sites (N-methyl/N-ethyl adjacent to an activating group) is 1. The van der Waals surface area contributed by atoms with Crippen LogP contribution in [0.5, 0.6) is 0 Å². The van der Waals surface area contributed by atoms with Gasteiger partial charge in [0.25, 0.3) is 0 Å². The fourth-order valence-corrected chi connectivity index (χ4v) is 1.46. The Morgan fingerprint density at radius 3 is 2.47 bits per heavy atom. The lowest BCUT2D eigenvalue weighted by atomic mass is 10.1. The minimum Gasteiger partial charge on any atom is -0.480 e. The molecule has 0 unspecified atom stereocenters. The molecule has 0 bridgehead atoms. The van der Waals surface area contributed by atoms with Crippen LogP contribution in [0.1, 0.15) is 19.8 Å². The second-order valence-corrected chi connectivity index (χ2v) is 3.81. The van der Waals surface area contributed by atoms with Crippen LogP contribution in [0.25, 0.3) is 0 Å². The van der Waals surface area contributed by atoms with E-state index in [4.69, 9.17) is 9.84 Å². The van der Waals surface area contributed by atoms with Gasteiger partial charge in [0.05, 0.1) is 6.61 Å². The average molecular weight is 215 g/mol. The Morgan fingerprint density at radius 1 is 1.47 bits per heavy atom. The third kappa shape index (κ3) is 2.47. The zero-order chi connectivity index (χ0) is 11.5. The van der Waals surface area contributed by atoms with Crippen LogP contribution in [0.2, 0.25) is 0 Å². The van der Waals surface area contributed by atoms with Crippen molar-refractivity contribution in [1.29, 1.82) is 0 Å². The van der Waals surface area contributed by atoms with Crippen LogP contribution in [-0.2, 0) is 14.3 Å². The normalized spacial score (nSPS) is 17.2. The number of amides is 1. The molecular formula is C10H17NO4. The molecule has 1 amide bonds. The van der Waals surface area contributed by atoms with Crippen LogP contribution in [0, 0.1) is 5.41 Å². The third-order valence-electron chi connectivity index (χ3n) is 2.69. The first-order valence-corrected chi connectivity index (χ1v) is 5.11. The highest BCUT2D eigenvalue weighted by atomic mass is 16.5. The number of hydrogen-bond donors (Lipinski definition) is 1. The standard InChI is InChI=1S/C10H17NO4/c1-3-15-7-6-11(2)8(12)10(4-5-10)9(13)14/h3-7H2,1-2H3,(H,13,14). The van der Waals surface area contributed by atoms with Crippen LogP contribution in [-0.4, -0.2) is 48.7 Å². The molecular weight excluding hydrogens is 198 g/mol. The smallest absolute Gasteiger partial charge is 0.319 e. The maximum Gasteiger partial charge on any atom is 0.319 e. The lowest BCUT2D eigenvalue weighted by Crippen LogP contribution is -2.40. The molecule has 0 heterocycles. The average Bonchev–Trinajstić information content (AvgIpc) is 2.97. The number of carboxylic acid groups (broad SMARTS) is 1. The topological polar surface area (TPSA) is 66.8 Å². The van der Waals surface area contributed by atoms with Crippen molar-refractivity contribution in [1.82, 2.24) is 4.90 Å². The summed E-state index contributed by atoms with van der Waals surface area (Å²) in [5.41, 5.74) is -1.12. The lowest BCUT2D eigenvalue weighted by Gasteiger charge is -2.20. The molecule has 0 radical (unpaired) electrons. The van der Waals surface area contributed by atoms with Crippen LogP contribution in [0.15, 0.2) is 0 Å². The summed E-state index contributed by atoms with van der Waals surface area (Å²) < 4.78 is 5.11. The summed E-state index contributed by atoms with van der Waals surface area (Å²) in [5.74, 6) is -1.30. The van der Waals surface area contributed by atoms with Crippen molar-refractivity contribution in [2.75, 3.05) is 26.8 Å². The molecule has 1 aliphatic carbocycles. The predicted molar refractivity (Wildman–Crippen MR) is 53.4 cm³/mol. The Bertz CT molecular complexity index is 260. The molecule has 1 aliphatic rings. The number of rotatable bonds is 6. The zero-order valence-corrected chi connectivity index (χ0v) is 9.15. The van der Waals surface area contributed by atoms with E-state index in [1.807, 2.05) is 6.92 Å². The van der Waals surface area contributed by atoms with Crippen molar-refractivity contribution < 1.29 is 19.4 Å². The van der Waals surface area contributed by atoms with Gasteiger partial charge in [0.1, 0.15) is 5.41 Å². The maximum absolute atomic E-state index is 11.8. The molecule has 0 aliphatic heterocycles. The van der Waals surface area contributed by atoms with Crippen LogP contribution in [0.4, 0.5) is 0 Å². The van der Waals surface area contributed by atoms with Crippen molar-refractivity contribution in [3.8, 4) is 0 Å². The molecule has 0 saturated heterocycles. The summed E-state index contributed by atoms with van der Waals surface area (Å²) in [4.78, 5) is 24.1. The van der Waals surface area contributed by atoms with Crippen LogP contribution < -0.4 is 0 Å². The number of aliphatic carboxylic acids is 1. The maximum atomic E-state index is 11.8. The molecule has 1 rings (SSSR count). The molecule has 0 atom stereocenters. The molecule has 0 spiro atoms. The van der Waals surface area contributed by atoms with E-state index in [-0.39, 0.29) is 5.91 Å². The minimum absolute atomic E-state index is 0.297. The second kappa shape index (κ2) is 4.61. The molecule has 1 N–H and O–H groups in total. The van der Waals surface area contributed by atoms with Gasteiger partial charge >= 0.3 is 5.97 Å². The number of carbonyl (C=O) groups excluding carboxylic acids is 1. The van der Waals surface area contributed by atoms with Crippen molar-refractivity contribution >= 4 is 11.9 Å². The highest BCUT2D eigenvalue weighted by molar-refractivity contribution is 6.04. The van der Waals surface area contributed by atoms with E-state index >= 15 is 0 Å². The van der Waals surface area contributed by atoms with Gasteiger partial charge in [-0.15, -0.1) is 0 Å². The fourth-order valence-electron chi connectivity index (χ4n) is 1.46. The Kier molecular flexibility index (Phi) is 3.68. The lowest BCUT2D eigenvalue weighted by molar-refractivity contribution is -0.153. The number of carboxylic acids is 1. The predicted octanol–water partition coefficient (Wildman–Crippen LogP) is 0.346. The SMILES string of the molecule is CCOCCN(C)C(=O)C1(C(=O)O)CC1. The van der Waals surface area contributed by atoms with Gasteiger partial charge in [0.15, 0.2) is 0 Å². The van der Waals surface area contributed by atoms with Crippen molar-refractivity contribution in [3.05, 3.63) is 0 Å². The number of carbonyl (C=O) groups is 2.